The highest BCUT2D eigenvalue weighted by atomic mass is 35.5. The van der Waals surface area contributed by atoms with Crippen LogP contribution < -0.4 is 5.32 Å². The van der Waals surface area contributed by atoms with E-state index < -0.39 is 0 Å². The zero-order valence-electron chi connectivity index (χ0n) is 11.9. The molecule has 1 aliphatic heterocycles. The van der Waals surface area contributed by atoms with Crippen molar-refractivity contribution in [1.29, 1.82) is 0 Å². The van der Waals surface area contributed by atoms with Gasteiger partial charge in [0.05, 0.1) is 6.61 Å². The molecule has 0 saturated carbocycles. The molecule has 3 heteroatoms. The molecule has 2 atom stereocenters. The van der Waals surface area contributed by atoms with E-state index in [0.29, 0.717) is 12.0 Å². The molecule has 106 valence electrons. The second kappa shape index (κ2) is 7.28. The lowest BCUT2D eigenvalue weighted by atomic mass is 9.88. The van der Waals surface area contributed by atoms with Crippen LogP contribution in [0.1, 0.15) is 43.4 Å². The third-order valence-electron chi connectivity index (χ3n) is 3.70. The topological polar surface area (TPSA) is 21.3 Å². The van der Waals surface area contributed by atoms with Crippen molar-refractivity contribution in [3.05, 3.63) is 34.3 Å². The van der Waals surface area contributed by atoms with Crippen LogP contribution >= 0.6 is 11.6 Å². The van der Waals surface area contributed by atoms with E-state index in [2.05, 4.69) is 31.3 Å². The molecule has 0 aliphatic carbocycles. The van der Waals surface area contributed by atoms with Crippen molar-refractivity contribution in [2.24, 2.45) is 5.92 Å². The second-order valence-electron chi connectivity index (χ2n) is 5.47. The van der Waals surface area contributed by atoms with E-state index in [1.807, 2.05) is 6.07 Å². The number of hydrogen-bond donors (Lipinski definition) is 1. The Labute approximate surface area is 121 Å². The summed E-state index contributed by atoms with van der Waals surface area (Å²) in [5, 5.41) is 4.50. The van der Waals surface area contributed by atoms with Crippen LogP contribution in [0, 0.1) is 12.8 Å². The fraction of sp³-hybridized carbons (Fsp3) is 0.625. The number of nitrogens with one attached hydrogen (secondary N) is 1. The molecule has 2 nitrogen and oxygen atoms in total. The van der Waals surface area contributed by atoms with Gasteiger partial charge < -0.3 is 10.1 Å². The largest absolute Gasteiger partial charge is 0.381 e. The summed E-state index contributed by atoms with van der Waals surface area (Å²) in [5.41, 5.74) is 2.52. The lowest BCUT2D eigenvalue weighted by Gasteiger charge is -2.31. The third-order valence-corrected chi connectivity index (χ3v) is 3.92. The lowest BCUT2D eigenvalue weighted by Crippen LogP contribution is -2.34. The molecule has 0 spiro atoms. The summed E-state index contributed by atoms with van der Waals surface area (Å²) in [5.74, 6) is 0.554. The summed E-state index contributed by atoms with van der Waals surface area (Å²) in [6.45, 7) is 7.10. The van der Waals surface area contributed by atoms with Crippen LogP contribution in [-0.2, 0) is 4.74 Å². The van der Waals surface area contributed by atoms with Crippen LogP contribution in [0.15, 0.2) is 18.2 Å². The van der Waals surface area contributed by atoms with E-state index in [4.69, 9.17) is 16.3 Å². The minimum Gasteiger partial charge on any atom is -0.381 e. The summed E-state index contributed by atoms with van der Waals surface area (Å²) in [7, 11) is 0. The molecule has 0 amide bonds. The number of halogens is 1. The van der Waals surface area contributed by atoms with Crippen LogP contribution in [-0.4, -0.2) is 19.8 Å². The van der Waals surface area contributed by atoms with E-state index in [9.17, 15) is 0 Å². The monoisotopic (exact) mass is 281 g/mol. The van der Waals surface area contributed by atoms with Crippen LogP contribution in [0.25, 0.3) is 0 Å². The first-order chi connectivity index (χ1) is 9.20. The van der Waals surface area contributed by atoms with Crippen LogP contribution in [0.4, 0.5) is 0 Å². The molecule has 2 rings (SSSR count). The van der Waals surface area contributed by atoms with Gasteiger partial charge in [-0.2, -0.15) is 0 Å². The maximum atomic E-state index is 6.21. The van der Waals surface area contributed by atoms with E-state index in [0.717, 1.165) is 37.6 Å². The zero-order chi connectivity index (χ0) is 13.7. The minimum absolute atomic E-state index is 0.359. The first-order valence-electron chi connectivity index (χ1n) is 7.29. The summed E-state index contributed by atoms with van der Waals surface area (Å²) < 4.78 is 5.65. The van der Waals surface area contributed by atoms with Crippen molar-refractivity contribution in [3.8, 4) is 0 Å². The Kier molecular flexibility index (Phi) is 5.68. The van der Waals surface area contributed by atoms with Crippen molar-refractivity contribution < 1.29 is 4.74 Å². The molecule has 1 heterocycles. The van der Waals surface area contributed by atoms with E-state index >= 15 is 0 Å². The van der Waals surface area contributed by atoms with Gasteiger partial charge in [-0.15, -0.1) is 0 Å². The van der Waals surface area contributed by atoms with Gasteiger partial charge in [0, 0.05) is 23.6 Å². The van der Waals surface area contributed by atoms with Gasteiger partial charge in [0.2, 0.25) is 0 Å². The van der Waals surface area contributed by atoms with Crippen LogP contribution in [0.3, 0.4) is 0 Å². The summed E-state index contributed by atoms with van der Waals surface area (Å²) in [4.78, 5) is 0. The molecule has 1 saturated heterocycles. The Morgan fingerprint density at radius 2 is 2.26 bits per heavy atom. The maximum Gasteiger partial charge on any atom is 0.0512 e. The highest BCUT2D eigenvalue weighted by Gasteiger charge is 2.25. The van der Waals surface area contributed by atoms with Crippen molar-refractivity contribution >= 4 is 11.6 Å². The molecule has 2 unspecified atom stereocenters. The fourth-order valence-electron chi connectivity index (χ4n) is 2.83. The smallest absolute Gasteiger partial charge is 0.0512 e. The fourth-order valence-corrected chi connectivity index (χ4v) is 3.13. The Hall–Kier alpha value is -0.570. The van der Waals surface area contributed by atoms with Crippen molar-refractivity contribution in [1.82, 2.24) is 5.32 Å². The first kappa shape index (κ1) is 14.8. The molecular weight excluding hydrogens is 258 g/mol. The van der Waals surface area contributed by atoms with Crippen molar-refractivity contribution in [2.45, 2.75) is 39.2 Å². The van der Waals surface area contributed by atoms with E-state index in [1.165, 1.54) is 17.5 Å². The lowest BCUT2D eigenvalue weighted by molar-refractivity contribution is 0.0390. The number of ether oxygens (including phenoxy) is 1. The molecule has 1 aromatic rings. The molecule has 1 N–H and O–H groups in total. The van der Waals surface area contributed by atoms with Gasteiger partial charge in [-0.05, 0) is 56.0 Å². The average Bonchev–Trinajstić information content (AvgIpc) is 2.39. The average molecular weight is 282 g/mol. The Balaban J connectivity index is 2.19. The molecular formula is C16H24ClNO. The number of aryl methyl sites for hydroxylation is 1. The number of rotatable bonds is 5. The summed E-state index contributed by atoms with van der Waals surface area (Å²) in [6, 6.07) is 6.71. The molecule has 0 bridgehead atoms. The van der Waals surface area contributed by atoms with Gasteiger partial charge >= 0.3 is 0 Å². The molecule has 1 aromatic carbocycles. The van der Waals surface area contributed by atoms with Crippen molar-refractivity contribution in [3.63, 3.8) is 0 Å². The highest BCUT2D eigenvalue weighted by Crippen LogP contribution is 2.31. The summed E-state index contributed by atoms with van der Waals surface area (Å²) in [6.07, 6.45) is 3.53. The predicted molar refractivity (Wildman–Crippen MR) is 80.8 cm³/mol. The predicted octanol–water partition coefficient (Wildman–Crippen LogP) is 4.12. The first-order valence-corrected chi connectivity index (χ1v) is 7.66. The minimum atomic E-state index is 0.359. The Morgan fingerprint density at radius 1 is 1.42 bits per heavy atom. The van der Waals surface area contributed by atoms with Gasteiger partial charge in [-0.25, -0.2) is 0 Å². The SMILES string of the molecule is CCCNC(c1cc(C)cc(Cl)c1)C1CCCOC1. The Morgan fingerprint density at radius 3 is 2.89 bits per heavy atom. The molecule has 19 heavy (non-hydrogen) atoms. The van der Waals surface area contributed by atoms with Crippen molar-refractivity contribution in [2.75, 3.05) is 19.8 Å². The third kappa shape index (κ3) is 4.20. The standard InChI is InChI=1S/C16H24ClNO/c1-3-6-18-16(13-5-4-7-19-11-13)14-8-12(2)9-15(17)10-14/h8-10,13,16,18H,3-7,11H2,1-2H3. The quantitative estimate of drug-likeness (QED) is 0.877. The molecule has 1 aliphatic rings. The summed E-state index contributed by atoms with van der Waals surface area (Å²) >= 11 is 6.21. The van der Waals surface area contributed by atoms with Crippen LogP contribution in [0.5, 0.6) is 0 Å². The maximum absolute atomic E-state index is 6.21. The molecule has 0 radical (unpaired) electrons. The van der Waals surface area contributed by atoms with Gasteiger partial charge in [-0.1, -0.05) is 24.6 Å². The van der Waals surface area contributed by atoms with Gasteiger partial charge in [0.1, 0.15) is 0 Å². The number of benzene rings is 1. The molecule has 1 fully saturated rings. The normalized spacial score (nSPS) is 21.3. The van der Waals surface area contributed by atoms with E-state index in [-0.39, 0.29) is 0 Å². The zero-order valence-corrected chi connectivity index (χ0v) is 12.7. The van der Waals surface area contributed by atoms with E-state index in [1.54, 1.807) is 0 Å². The highest BCUT2D eigenvalue weighted by molar-refractivity contribution is 6.30. The van der Waals surface area contributed by atoms with Crippen LogP contribution in [0.2, 0.25) is 5.02 Å². The number of hydrogen-bond acceptors (Lipinski definition) is 2. The Bertz CT molecular complexity index is 381. The molecule has 0 aromatic heterocycles. The van der Waals surface area contributed by atoms with Gasteiger partial charge in [-0.3, -0.25) is 0 Å². The van der Waals surface area contributed by atoms with Gasteiger partial charge in [0.25, 0.3) is 0 Å². The second-order valence-corrected chi connectivity index (χ2v) is 5.91. The van der Waals surface area contributed by atoms with Gasteiger partial charge in [0.15, 0.2) is 0 Å².